The Balaban J connectivity index is 1.83. The van der Waals surface area contributed by atoms with Gasteiger partial charge in [0, 0.05) is 13.0 Å². The molecule has 0 aliphatic carbocycles. The molecular weight excluding hydrogens is 292 g/mol. The number of hydrogen-bond donors (Lipinski definition) is 1. The van der Waals surface area contributed by atoms with Crippen molar-refractivity contribution in [2.75, 3.05) is 24.6 Å². The average molecular weight is 311 g/mol. The van der Waals surface area contributed by atoms with Crippen LogP contribution in [0.15, 0.2) is 24.3 Å². The Morgan fingerprint density at radius 1 is 1.43 bits per heavy atom. The van der Waals surface area contributed by atoms with Gasteiger partial charge in [-0.25, -0.2) is 0 Å². The van der Waals surface area contributed by atoms with Gasteiger partial charge in [0.2, 0.25) is 11.8 Å². The highest BCUT2D eigenvalue weighted by molar-refractivity contribution is 6.30. The standard InChI is InChI=1S/C15H19ClN2O3/c1-11(16)15(20)17-8-4-7-14(19)18-9-10-21-13-6-3-2-5-12(13)18/h2-3,5-6,11H,4,7-10H2,1H3,(H,17,20). The zero-order valence-corrected chi connectivity index (χ0v) is 12.7. The summed E-state index contributed by atoms with van der Waals surface area (Å²) in [7, 11) is 0. The zero-order valence-electron chi connectivity index (χ0n) is 12.0. The summed E-state index contributed by atoms with van der Waals surface area (Å²) in [5.41, 5.74) is 0.812. The molecule has 1 unspecified atom stereocenters. The Morgan fingerprint density at radius 2 is 2.19 bits per heavy atom. The van der Waals surface area contributed by atoms with Crippen LogP contribution in [0.3, 0.4) is 0 Å². The van der Waals surface area contributed by atoms with E-state index in [-0.39, 0.29) is 11.8 Å². The van der Waals surface area contributed by atoms with Crippen LogP contribution in [0.25, 0.3) is 0 Å². The molecule has 5 nitrogen and oxygen atoms in total. The first-order valence-corrected chi connectivity index (χ1v) is 7.47. The fourth-order valence-electron chi connectivity index (χ4n) is 2.16. The van der Waals surface area contributed by atoms with Gasteiger partial charge < -0.3 is 15.0 Å². The number of nitrogens with one attached hydrogen (secondary N) is 1. The summed E-state index contributed by atoms with van der Waals surface area (Å²) in [4.78, 5) is 25.3. The number of carbonyl (C=O) groups excluding carboxylic acids is 2. The molecule has 21 heavy (non-hydrogen) atoms. The van der Waals surface area contributed by atoms with E-state index >= 15 is 0 Å². The minimum atomic E-state index is -0.549. The lowest BCUT2D eigenvalue weighted by Gasteiger charge is -2.29. The van der Waals surface area contributed by atoms with Crippen molar-refractivity contribution in [2.24, 2.45) is 0 Å². The summed E-state index contributed by atoms with van der Waals surface area (Å²) in [6.07, 6.45) is 0.971. The Kier molecular flexibility index (Phi) is 5.44. The molecule has 1 heterocycles. The maximum absolute atomic E-state index is 12.3. The van der Waals surface area contributed by atoms with E-state index in [1.54, 1.807) is 11.8 Å². The predicted octanol–water partition coefficient (Wildman–Crippen LogP) is 1.94. The van der Waals surface area contributed by atoms with Gasteiger partial charge in [-0.3, -0.25) is 9.59 Å². The lowest BCUT2D eigenvalue weighted by molar-refractivity contribution is -0.121. The highest BCUT2D eigenvalue weighted by atomic mass is 35.5. The van der Waals surface area contributed by atoms with Gasteiger partial charge in [-0.15, -0.1) is 11.6 Å². The van der Waals surface area contributed by atoms with Gasteiger partial charge in [-0.1, -0.05) is 12.1 Å². The number of hydrogen-bond acceptors (Lipinski definition) is 3. The van der Waals surface area contributed by atoms with E-state index in [9.17, 15) is 9.59 Å². The third-order valence-electron chi connectivity index (χ3n) is 3.26. The first-order chi connectivity index (χ1) is 10.1. The first kappa shape index (κ1) is 15.6. The van der Waals surface area contributed by atoms with Crippen molar-refractivity contribution in [3.05, 3.63) is 24.3 Å². The van der Waals surface area contributed by atoms with Crippen LogP contribution in [-0.4, -0.2) is 36.9 Å². The summed E-state index contributed by atoms with van der Waals surface area (Å²) >= 11 is 5.65. The molecule has 0 bridgehead atoms. The number of alkyl halides is 1. The molecule has 6 heteroatoms. The number of fused-ring (bicyclic) bond motifs is 1. The number of halogens is 1. The van der Waals surface area contributed by atoms with Gasteiger partial charge in [0.1, 0.15) is 17.7 Å². The van der Waals surface area contributed by atoms with Crippen LogP contribution >= 0.6 is 11.6 Å². The quantitative estimate of drug-likeness (QED) is 0.668. The van der Waals surface area contributed by atoms with Gasteiger partial charge >= 0.3 is 0 Å². The van der Waals surface area contributed by atoms with Crippen molar-refractivity contribution >= 4 is 29.1 Å². The summed E-state index contributed by atoms with van der Waals surface area (Å²) in [6, 6.07) is 7.51. The number of carbonyl (C=O) groups is 2. The topological polar surface area (TPSA) is 58.6 Å². The molecule has 1 aromatic carbocycles. The molecule has 1 aromatic rings. The molecule has 2 amide bonds. The molecule has 0 spiro atoms. The second kappa shape index (κ2) is 7.31. The third-order valence-corrected chi connectivity index (χ3v) is 3.46. The van der Waals surface area contributed by atoms with Crippen LogP contribution in [0.2, 0.25) is 0 Å². The molecule has 0 saturated heterocycles. The van der Waals surface area contributed by atoms with E-state index < -0.39 is 5.38 Å². The maximum Gasteiger partial charge on any atom is 0.237 e. The van der Waals surface area contributed by atoms with Crippen molar-refractivity contribution in [2.45, 2.75) is 25.1 Å². The Labute approximate surface area is 129 Å². The molecule has 1 atom stereocenters. The number of para-hydroxylation sites is 2. The van der Waals surface area contributed by atoms with Crippen LogP contribution in [-0.2, 0) is 9.59 Å². The van der Waals surface area contributed by atoms with Crippen molar-refractivity contribution in [1.82, 2.24) is 5.32 Å². The van der Waals surface area contributed by atoms with Crippen molar-refractivity contribution < 1.29 is 14.3 Å². The van der Waals surface area contributed by atoms with Gasteiger partial charge in [-0.2, -0.15) is 0 Å². The van der Waals surface area contributed by atoms with E-state index in [4.69, 9.17) is 16.3 Å². The third kappa shape index (κ3) is 4.11. The van der Waals surface area contributed by atoms with E-state index in [1.807, 2.05) is 24.3 Å². The second-order valence-corrected chi connectivity index (χ2v) is 5.53. The minimum absolute atomic E-state index is 0.0407. The molecule has 2 rings (SSSR count). The van der Waals surface area contributed by atoms with Gasteiger partial charge in [0.05, 0.1) is 12.2 Å². The number of benzene rings is 1. The molecular formula is C15H19ClN2O3. The van der Waals surface area contributed by atoms with Gasteiger partial charge in [0.25, 0.3) is 0 Å². The number of ether oxygens (including phenoxy) is 1. The fourth-order valence-corrected chi connectivity index (χ4v) is 2.23. The van der Waals surface area contributed by atoms with E-state index in [0.717, 1.165) is 11.4 Å². The molecule has 1 aliphatic heterocycles. The van der Waals surface area contributed by atoms with Crippen LogP contribution in [0.1, 0.15) is 19.8 Å². The summed E-state index contributed by atoms with van der Waals surface area (Å²) < 4.78 is 5.52. The lowest BCUT2D eigenvalue weighted by atomic mass is 10.2. The van der Waals surface area contributed by atoms with Crippen LogP contribution in [0.5, 0.6) is 5.75 Å². The van der Waals surface area contributed by atoms with E-state index in [0.29, 0.717) is 32.5 Å². The van der Waals surface area contributed by atoms with Crippen molar-refractivity contribution in [3.8, 4) is 5.75 Å². The monoisotopic (exact) mass is 310 g/mol. The molecule has 114 valence electrons. The van der Waals surface area contributed by atoms with Crippen LogP contribution < -0.4 is 15.0 Å². The molecule has 1 aliphatic rings. The van der Waals surface area contributed by atoms with Crippen LogP contribution in [0, 0.1) is 0 Å². The van der Waals surface area contributed by atoms with E-state index in [1.165, 1.54) is 0 Å². The normalized spacial score (nSPS) is 14.9. The SMILES string of the molecule is CC(Cl)C(=O)NCCCC(=O)N1CCOc2ccccc21. The Hall–Kier alpha value is -1.75. The summed E-state index contributed by atoms with van der Waals surface area (Å²) in [5, 5.41) is 2.14. The number of nitrogens with zero attached hydrogens (tertiary/aromatic N) is 1. The second-order valence-electron chi connectivity index (χ2n) is 4.87. The summed E-state index contributed by atoms with van der Waals surface area (Å²) in [5.74, 6) is 0.570. The first-order valence-electron chi connectivity index (χ1n) is 7.03. The number of anilines is 1. The number of rotatable bonds is 5. The van der Waals surface area contributed by atoms with Crippen molar-refractivity contribution in [3.63, 3.8) is 0 Å². The highest BCUT2D eigenvalue weighted by Crippen LogP contribution is 2.31. The fraction of sp³-hybridized carbons (Fsp3) is 0.467. The minimum Gasteiger partial charge on any atom is -0.490 e. The lowest BCUT2D eigenvalue weighted by Crippen LogP contribution is -2.38. The van der Waals surface area contributed by atoms with E-state index in [2.05, 4.69) is 5.32 Å². The largest absolute Gasteiger partial charge is 0.490 e. The number of amides is 2. The molecule has 0 aromatic heterocycles. The molecule has 0 saturated carbocycles. The summed E-state index contributed by atoms with van der Waals surface area (Å²) in [6.45, 7) is 3.13. The predicted molar refractivity (Wildman–Crippen MR) is 81.8 cm³/mol. The van der Waals surface area contributed by atoms with Gasteiger partial charge in [0.15, 0.2) is 0 Å². The van der Waals surface area contributed by atoms with Crippen molar-refractivity contribution in [1.29, 1.82) is 0 Å². The zero-order chi connectivity index (χ0) is 15.2. The Morgan fingerprint density at radius 3 is 2.95 bits per heavy atom. The smallest absolute Gasteiger partial charge is 0.237 e. The molecule has 0 radical (unpaired) electrons. The van der Waals surface area contributed by atoms with Gasteiger partial charge in [-0.05, 0) is 25.5 Å². The highest BCUT2D eigenvalue weighted by Gasteiger charge is 2.22. The Bertz CT molecular complexity index is 519. The molecule has 0 fully saturated rings. The maximum atomic E-state index is 12.3. The average Bonchev–Trinajstić information content (AvgIpc) is 2.50. The molecule has 1 N–H and O–H groups in total. The van der Waals surface area contributed by atoms with Crippen LogP contribution in [0.4, 0.5) is 5.69 Å².